The molecule has 1 aliphatic carbocycles. The molecular formula is C16H23FN2OS. The van der Waals surface area contributed by atoms with E-state index in [0.717, 1.165) is 30.6 Å². The third-order valence-corrected chi connectivity index (χ3v) is 4.98. The lowest BCUT2D eigenvalue weighted by molar-refractivity contribution is -0.122. The van der Waals surface area contributed by atoms with Gasteiger partial charge >= 0.3 is 0 Å². The molecule has 3 nitrogen and oxygen atoms in total. The van der Waals surface area contributed by atoms with E-state index in [-0.39, 0.29) is 17.1 Å². The third-order valence-electron chi connectivity index (χ3n) is 4.34. The van der Waals surface area contributed by atoms with E-state index in [1.165, 1.54) is 12.1 Å². The number of carbonyl (C=O) groups excluding carboxylic acids is 1. The highest BCUT2D eigenvalue weighted by molar-refractivity contribution is 7.98. The number of nitrogens with two attached hydrogens (primary N) is 1. The zero-order chi connectivity index (χ0) is 15.3. The van der Waals surface area contributed by atoms with Gasteiger partial charge in [0.15, 0.2) is 0 Å². The van der Waals surface area contributed by atoms with Crippen molar-refractivity contribution >= 4 is 17.7 Å². The lowest BCUT2D eigenvalue weighted by Gasteiger charge is -2.42. The van der Waals surface area contributed by atoms with Crippen LogP contribution in [0.4, 0.5) is 4.39 Å². The topological polar surface area (TPSA) is 55.1 Å². The Kier molecular flexibility index (Phi) is 5.65. The van der Waals surface area contributed by atoms with Crippen LogP contribution in [0.2, 0.25) is 0 Å². The first kappa shape index (κ1) is 16.3. The zero-order valence-electron chi connectivity index (χ0n) is 12.4. The lowest BCUT2D eigenvalue weighted by Crippen LogP contribution is -2.49. The van der Waals surface area contributed by atoms with Crippen molar-refractivity contribution in [3.05, 3.63) is 35.6 Å². The molecule has 1 atom stereocenters. The Bertz CT molecular complexity index is 474. The fourth-order valence-corrected chi connectivity index (χ4v) is 3.23. The second-order valence-electron chi connectivity index (χ2n) is 5.75. The Labute approximate surface area is 129 Å². The highest BCUT2D eigenvalue weighted by Gasteiger charge is 2.39. The van der Waals surface area contributed by atoms with Crippen LogP contribution in [-0.4, -0.2) is 30.5 Å². The highest BCUT2D eigenvalue weighted by Crippen LogP contribution is 2.43. The first-order valence-electron chi connectivity index (χ1n) is 7.36. The standard InChI is InChI=1S/C16H23FN2OS/c1-21-10-7-14(18)15(20)19-11-16(8-2-9-16)12-3-5-13(17)6-4-12/h3-6,14H,2,7-11,18H2,1H3,(H,19,20)/t14-/m0/s1. The number of hydrogen-bond acceptors (Lipinski definition) is 3. The molecule has 0 radical (unpaired) electrons. The van der Waals surface area contributed by atoms with Gasteiger partial charge in [0.1, 0.15) is 5.82 Å². The van der Waals surface area contributed by atoms with Crippen LogP contribution in [0, 0.1) is 5.82 Å². The monoisotopic (exact) mass is 310 g/mol. The van der Waals surface area contributed by atoms with E-state index >= 15 is 0 Å². The summed E-state index contributed by atoms with van der Waals surface area (Å²) in [6.07, 6.45) is 5.89. The molecule has 1 fully saturated rings. The highest BCUT2D eigenvalue weighted by atomic mass is 32.2. The van der Waals surface area contributed by atoms with Gasteiger partial charge in [-0.25, -0.2) is 4.39 Å². The quantitative estimate of drug-likeness (QED) is 0.813. The normalized spacial score (nSPS) is 17.9. The van der Waals surface area contributed by atoms with Crippen molar-refractivity contribution in [3.63, 3.8) is 0 Å². The summed E-state index contributed by atoms with van der Waals surface area (Å²) < 4.78 is 13.0. The van der Waals surface area contributed by atoms with Crippen LogP contribution in [0.1, 0.15) is 31.2 Å². The van der Waals surface area contributed by atoms with Crippen molar-refractivity contribution in [2.24, 2.45) is 5.73 Å². The second-order valence-corrected chi connectivity index (χ2v) is 6.73. The summed E-state index contributed by atoms with van der Waals surface area (Å²) in [4.78, 5) is 12.0. The van der Waals surface area contributed by atoms with E-state index in [4.69, 9.17) is 5.73 Å². The predicted molar refractivity (Wildman–Crippen MR) is 85.9 cm³/mol. The number of thioether (sulfide) groups is 1. The Hall–Kier alpha value is -1.07. The minimum Gasteiger partial charge on any atom is -0.354 e. The maximum Gasteiger partial charge on any atom is 0.236 e. The molecule has 0 spiro atoms. The Morgan fingerprint density at radius 3 is 2.62 bits per heavy atom. The first-order chi connectivity index (χ1) is 10.1. The SMILES string of the molecule is CSCC[C@H](N)C(=O)NCC1(c2ccc(F)cc2)CCC1. The Morgan fingerprint density at radius 1 is 1.43 bits per heavy atom. The van der Waals surface area contributed by atoms with E-state index < -0.39 is 6.04 Å². The molecule has 0 heterocycles. The van der Waals surface area contributed by atoms with Gasteiger partial charge in [0.25, 0.3) is 0 Å². The molecule has 0 unspecified atom stereocenters. The summed E-state index contributed by atoms with van der Waals surface area (Å²) >= 11 is 1.69. The largest absolute Gasteiger partial charge is 0.354 e. The van der Waals surface area contributed by atoms with Gasteiger partial charge in [-0.15, -0.1) is 0 Å². The summed E-state index contributed by atoms with van der Waals surface area (Å²) in [5, 5.41) is 2.98. The number of hydrogen-bond donors (Lipinski definition) is 2. The Morgan fingerprint density at radius 2 is 2.10 bits per heavy atom. The summed E-state index contributed by atoms with van der Waals surface area (Å²) in [7, 11) is 0. The van der Waals surface area contributed by atoms with Gasteiger partial charge in [-0.3, -0.25) is 4.79 Å². The minimum atomic E-state index is -0.442. The van der Waals surface area contributed by atoms with Crippen LogP contribution in [0.25, 0.3) is 0 Å². The van der Waals surface area contributed by atoms with E-state index in [0.29, 0.717) is 13.0 Å². The van der Waals surface area contributed by atoms with E-state index in [2.05, 4.69) is 5.32 Å². The van der Waals surface area contributed by atoms with Crippen molar-refractivity contribution in [2.75, 3.05) is 18.6 Å². The van der Waals surface area contributed by atoms with E-state index in [1.807, 2.05) is 18.4 Å². The first-order valence-corrected chi connectivity index (χ1v) is 8.75. The van der Waals surface area contributed by atoms with Gasteiger partial charge < -0.3 is 11.1 Å². The molecule has 1 aliphatic rings. The van der Waals surface area contributed by atoms with Crippen molar-refractivity contribution in [2.45, 2.75) is 37.1 Å². The van der Waals surface area contributed by atoms with Crippen LogP contribution in [0.3, 0.4) is 0 Å². The number of amides is 1. The van der Waals surface area contributed by atoms with Crippen molar-refractivity contribution in [1.29, 1.82) is 0 Å². The van der Waals surface area contributed by atoms with E-state index in [9.17, 15) is 9.18 Å². The average molecular weight is 310 g/mol. The fraction of sp³-hybridized carbons (Fsp3) is 0.562. The van der Waals surface area contributed by atoms with Crippen molar-refractivity contribution in [3.8, 4) is 0 Å². The maximum atomic E-state index is 13.0. The molecule has 1 aromatic carbocycles. The van der Waals surface area contributed by atoms with Crippen molar-refractivity contribution in [1.82, 2.24) is 5.32 Å². The number of rotatable bonds is 7. The van der Waals surface area contributed by atoms with Crippen molar-refractivity contribution < 1.29 is 9.18 Å². The van der Waals surface area contributed by atoms with E-state index in [1.54, 1.807) is 11.8 Å². The number of carbonyl (C=O) groups is 1. The van der Waals surface area contributed by atoms with Crippen LogP contribution in [0.5, 0.6) is 0 Å². The predicted octanol–water partition coefficient (Wildman–Crippen LogP) is 2.44. The lowest BCUT2D eigenvalue weighted by atomic mass is 9.64. The van der Waals surface area contributed by atoms with Crippen LogP contribution < -0.4 is 11.1 Å². The fourth-order valence-electron chi connectivity index (χ4n) is 2.74. The van der Waals surface area contributed by atoms with Gasteiger partial charge in [-0.2, -0.15) is 11.8 Å². The van der Waals surface area contributed by atoms with Gasteiger partial charge in [0, 0.05) is 12.0 Å². The number of nitrogens with one attached hydrogen (secondary N) is 1. The minimum absolute atomic E-state index is 0.0391. The average Bonchev–Trinajstić information content (AvgIpc) is 2.45. The molecular weight excluding hydrogens is 287 g/mol. The molecule has 0 aromatic heterocycles. The molecule has 116 valence electrons. The number of benzene rings is 1. The van der Waals surface area contributed by atoms with Gasteiger partial charge in [0.05, 0.1) is 6.04 Å². The molecule has 3 N–H and O–H groups in total. The number of halogens is 1. The van der Waals surface area contributed by atoms with Crippen LogP contribution in [-0.2, 0) is 10.2 Å². The molecule has 1 aromatic rings. The van der Waals surface area contributed by atoms with Gasteiger partial charge in [-0.1, -0.05) is 18.6 Å². The molecule has 0 saturated heterocycles. The summed E-state index contributed by atoms with van der Waals surface area (Å²) in [6.45, 7) is 0.588. The third kappa shape index (κ3) is 3.98. The summed E-state index contributed by atoms with van der Waals surface area (Å²) in [6, 6.07) is 6.19. The molecule has 0 aliphatic heterocycles. The Balaban J connectivity index is 1.93. The molecule has 0 bridgehead atoms. The molecule has 2 rings (SSSR count). The van der Waals surface area contributed by atoms with Gasteiger partial charge in [-0.05, 0) is 49.0 Å². The van der Waals surface area contributed by atoms with Crippen LogP contribution >= 0.6 is 11.8 Å². The molecule has 21 heavy (non-hydrogen) atoms. The zero-order valence-corrected chi connectivity index (χ0v) is 13.2. The van der Waals surface area contributed by atoms with Crippen LogP contribution in [0.15, 0.2) is 24.3 Å². The molecule has 5 heteroatoms. The molecule has 1 saturated carbocycles. The van der Waals surface area contributed by atoms with Gasteiger partial charge in [0.2, 0.25) is 5.91 Å². The summed E-state index contributed by atoms with van der Waals surface area (Å²) in [5.41, 5.74) is 6.94. The second kappa shape index (κ2) is 7.27. The maximum absolute atomic E-state index is 13.0. The molecule has 1 amide bonds. The summed E-state index contributed by atoms with van der Waals surface area (Å²) in [5.74, 6) is 0.575. The smallest absolute Gasteiger partial charge is 0.236 e.